The summed E-state index contributed by atoms with van der Waals surface area (Å²) in [5.41, 5.74) is 1.14. The average molecular weight is 393 g/mol. The third-order valence-corrected chi connectivity index (χ3v) is 8.99. The standard InChI is InChI=1S/C23H24NO3P/c1-24-23(18-9-5-3-6-10-18)20-14-13-17(16-22(25)27-2)15-21(20)28(24,26)19-11-7-4-8-12-19/h3-15,17,20,23H,16H2,1-2H3/t17-,20+,23-,28-/m1/s1. The summed E-state index contributed by atoms with van der Waals surface area (Å²) in [6.45, 7) is 0. The molecule has 5 heteroatoms. The minimum Gasteiger partial charge on any atom is -0.469 e. The zero-order valence-corrected chi connectivity index (χ0v) is 17.0. The maximum absolute atomic E-state index is 14.5. The number of rotatable bonds is 4. The molecule has 144 valence electrons. The number of carbonyl (C=O) groups is 1. The molecule has 1 fully saturated rings. The Kier molecular flexibility index (Phi) is 5.09. The molecule has 0 radical (unpaired) electrons. The first kappa shape index (κ1) is 18.9. The Hall–Kier alpha value is -2.42. The molecule has 0 saturated carbocycles. The maximum atomic E-state index is 14.5. The van der Waals surface area contributed by atoms with Crippen molar-refractivity contribution in [2.45, 2.75) is 12.5 Å². The van der Waals surface area contributed by atoms with E-state index < -0.39 is 7.29 Å². The highest BCUT2D eigenvalue weighted by Crippen LogP contribution is 2.70. The highest BCUT2D eigenvalue weighted by molar-refractivity contribution is 7.73. The molecule has 2 aromatic rings. The van der Waals surface area contributed by atoms with E-state index in [1.54, 1.807) is 0 Å². The normalized spacial score (nSPS) is 29.2. The van der Waals surface area contributed by atoms with Crippen LogP contribution in [0, 0.1) is 11.8 Å². The predicted octanol–water partition coefficient (Wildman–Crippen LogP) is 4.53. The zero-order chi connectivity index (χ0) is 19.7. The van der Waals surface area contributed by atoms with Gasteiger partial charge in [-0.2, -0.15) is 0 Å². The summed E-state index contributed by atoms with van der Waals surface area (Å²) in [7, 11) is 0.385. The van der Waals surface area contributed by atoms with Crippen LogP contribution in [-0.2, 0) is 14.1 Å². The van der Waals surface area contributed by atoms with Crippen molar-refractivity contribution < 1.29 is 14.1 Å². The number of methoxy groups -OCH3 is 1. The number of esters is 1. The number of hydrogen-bond acceptors (Lipinski definition) is 3. The summed E-state index contributed by atoms with van der Waals surface area (Å²) in [6, 6.07) is 19.9. The first-order chi connectivity index (χ1) is 13.6. The molecule has 4 atom stereocenters. The van der Waals surface area contributed by atoms with Crippen molar-refractivity contribution in [1.82, 2.24) is 4.67 Å². The van der Waals surface area contributed by atoms with Gasteiger partial charge in [-0.05, 0) is 24.7 Å². The van der Waals surface area contributed by atoms with E-state index in [1.807, 2.05) is 66.3 Å². The Morgan fingerprint density at radius 3 is 2.32 bits per heavy atom. The number of nitrogens with zero attached hydrogens (tertiary/aromatic N) is 1. The monoisotopic (exact) mass is 393 g/mol. The predicted molar refractivity (Wildman–Crippen MR) is 111 cm³/mol. The average Bonchev–Trinajstić information content (AvgIpc) is 2.97. The number of allylic oxidation sites excluding steroid dienone is 2. The van der Waals surface area contributed by atoms with Gasteiger partial charge in [0.25, 0.3) is 0 Å². The first-order valence-electron chi connectivity index (χ1n) is 9.47. The van der Waals surface area contributed by atoms with E-state index in [4.69, 9.17) is 4.74 Å². The van der Waals surface area contributed by atoms with Crippen LogP contribution >= 0.6 is 7.29 Å². The van der Waals surface area contributed by atoms with Gasteiger partial charge < -0.3 is 4.74 Å². The van der Waals surface area contributed by atoms with Gasteiger partial charge in [-0.25, -0.2) is 4.67 Å². The Morgan fingerprint density at radius 1 is 1.04 bits per heavy atom. The van der Waals surface area contributed by atoms with E-state index >= 15 is 0 Å². The summed E-state index contributed by atoms with van der Waals surface area (Å²) >= 11 is 0. The van der Waals surface area contributed by atoms with E-state index in [9.17, 15) is 9.36 Å². The van der Waals surface area contributed by atoms with Gasteiger partial charge >= 0.3 is 5.97 Å². The molecule has 4 nitrogen and oxygen atoms in total. The lowest BCUT2D eigenvalue weighted by Gasteiger charge is -2.26. The molecule has 2 aliphatic rings. The van der Waals surface area contributed by atoms with E-state index in [2.05, 4.69) is 24.3 Å². The minimum atomic E-state index is -2.96. The minimum absolute atomic E-state index is 0.00573. The molecule has 28 heavy (non-hydrogen) atoms. The van der Waals surface area contributed by atoms with E-state index in [0.717, 1.165) is 16.2 Å². The molecule has 0 amide bonds. The zero-order valence-electron chi connectivity index (χ0n) is 16.1. The van der Waals surface area contributed by atoms with Crippen molar-refractivity contribution in [2.24, 2.45) is 11.8 Å². The first-order valence-corrected chi connectivity index (χ1v) is 11.1. The molecule has 1 aliphatic heterocycles. The molecular weight excluding hydrogens is 369 g/mol. The summed E-state index contributed by atoms with van der Waals surface area (Å²) in [4.78, 5) is 11.8. The van der Waals surface area contributed by atoms with Gasteiger partial charge in [0.2, 0.25) is 7.29 Å². The number of ether oxygens (including phenoxy) is 1. The second-order valence-corrected chi connectivity index (χ2v) is 10.1. The van der Waals surface area contributed by atoms with Crippen LogP contribution in [0.5, 0.6) is 0 Å². The van der Waals surface area contributed by atoms with Crippen LogP contribution in [0.15, 0.2) is 84.2 Å². The Labute approximate surface area is 165 Å². The molecule has 0 unspecified atom stereocenters. The molecule has 1 aliphatic carbocycles. The summed E-state index contributed by atoms with van der Waals surface area (Å²) in [5, 5.41) is 1.76. The van der Waals surface area contributed by atoms with Crippen molar-refractivity contribution in [3.63, 3.8) is 0 Å². The fraction of sp³-hybridized carbons (Fsp3) is 0.261. The van der Waals surface area contributed by atoms with Gasteiger partial charge in [0.05, 0.1) is 19.6 Å². The summed E-state index contributed by atoms with van der Waals surface area (Å²) in [6.07, 6.45) is 6.47. The van der Waals surface area contributed by atoms with E-state index in [-0.39, 0.29) is 30.3 Å². The number of hydrogen-bond donors (Lipinski definition) is 0. The lowest BCUT2D eigenvalue weighted by atomic mass is 9.86. The molecule has 0 bridgehead atoms. The van der Waals surface area contributed by atoms with Crippen molar-refractivity contribution in [3.05, 3.63) is 89.8 Å². The van der Waals surface area contributed by atoms with Crippen molar-refractivity contribution in [3.8, 4) is 0 Å². The second kappa shape index (κ2) is 7.54. The van der Waals surface area contributed by atoms with Crippen LogP contribution < -0.4 is 5.30 Å². The Bertz CT molecular complexity index is 968. The number of carbonyl (C=O) groups excluding carboxylic acids is 1. The highest BCUT2D eigenvalue weighted by atomic mass is 31.2. The maximum Gasteiger partial charge on any atom is 0.306 e. The van der Waals surface area contributed by atoms with E-state index in [0.29, 0.717) is 0 Å². The molecular formula is C23H24NO3P. The van der Waals surface area contributed by atoms with Crippen LogP contribution in [0.1, 0.15) is 18.0 Å². The summed E-state index contributed by atoms with van der Waals surface area (Å²) in [5.74, 6) is -0.337. The molecule has 2 aromatic carbocycles. The lowest BCUT2D eigenvalue weighted by molar-refractivity contribution is -0.141. The van der Waals surface area contributed by atoms with Crippen LogP contribution in [0.4, 0.5) is 0 Å². The Morgan fingerprint density at radius 2 is 1.68 bits per heavy atom. The van der Waals surface area contributed by atoms with Crippen LogP contribution in [0.2, 0.25) is 0 Å². The second-order valence-electron chi connectivity index (χ2n) is 7.29. The Balaban J connectivity index is 1.83. The van der Waals surface area contributed by atoms with Gasteiger partial charge in [-0.1, -0.05) is 66.8 Å². The smallest absolute Gasteiger partial charge is 0.306 e. The van der Waals surface area contributed by atoms with Gasteiger partial charge in [0.15, 0.2) is 0 Å². The number of fused-ring (bicyclic) bond motifs is 1. The van der Waals surface area contributed by atoms with Crippen LogP contribution in [0.25, 0.3) is 0 Å². The summed E-state index contributed by atoms with van der Waals surface area (Å²) < 4.78 is 21.4. The van der Waals surface area contributed by atoms with Gasteiger partial charge in [-0.15, -0.1) is 0 Å². The van der Waals surface area contributed by atoms with Gasteiger partial charge in [-0.3, -0.25) is 9.36 Å². The van der Waals surface area contributed by atoms with Crippen LogP contribution in [0.3, 0.4) is 0 Å². The quantitative estimate of drug-likeness (QED) is 0.435. The topological polar surface area (TPSA) is 46.6 Å². The molecule has 1 heterocycles. The highest BCUT2D eigenvalue weighted by Gasteiger charge is 2.52. The van der Waals surface area contributed by atoms with E-state index in [1.165, 1.54) is 7.11 Å². The SMILES string of the molecule is COC(=O)C[C@@H]1C=C[C@H]2C(=C1)[P@](=O)(c1ccccc1)N(C)[C@@H]2c1ccccc1. The number of benzene rings is 2. The van der Waals surface area contributed by atoms with Gasteiger partial charge in [0.1, 0.15) is 0 Å². The van der Waals surface area contributed by atoms with Crippen LogP contribution in [-0.4, -0.2) is 24.8 Å². The van der Waals surface area contributed by atoms with Crippen molar-refractivity contribution in [1.29, 1.82) is 0 Å². The third-order valence-electron chi connectivity index (χ3n) is 5.71. The molecule has 0 N–H and O–H groups in total. The van der Waals surface area contributed by atoms with Gasteiger partial charge in [0, 0.05) is 22.5 Å². The molecule has 0 aromatic heterocycles. The van der Waals surface area contributed by atoms with Crippen molar-refractivity contribution in [2.75, 3.05) is 14.2 Å². The van der Waals surface area contributed by atoms with Crippen molar-refractivity contribution >= 4 is 18.6 Å². The fourth-order valence-electron chi connectivity index (χ4n) is 4.34. The lowest BCUT2D eigenvalue weighted by Crippen LogP contribution is -2.22. The largest absolute Gasteiger partial charge is 0.469 e. The molecule has 0 spiro atoms. The third kappa shape index (κ3) is 3.07. The fourth-order valence-corrected chi connectivity index (χ4v) is 7.60. The molecule has 1 saturated heterocycles. The molecule has 4 rings (SSSR count).